The number of nitrogens with one attached hydrogen (secondary N) is 2. The van der Waals surface area contributed by atoms with Gasteiger partial charge in [0.2, 0.25) is 0 Å². The normalized spacial score (nSPS) is 10.2. The van der Waals surface area contributed by atoms with Crippen molar-refractivity contribution in [3.63, 3.8) is 0 Å². The third kappa shape index (κ3) is 4.27. The molecule has 3 aromatic rings. The van der Waals surface area contributed by atoms with Crippen molar-refractivity contribution >= 4 is 34.9 Å². The van der Waals surface area contributed by atoms with E-state index in [1.807, 2.05) is 0 Å². The lowest BCUT2D eigenvalue weighted by Gasteiger charge is -2.12. The molecule has 1 aromatic heterocycles. The number of amides is 2. The number of hydrogen-bond acceptors (Lipinski definition) is 4. The summed E-state index contributed by atoms with van der Waals surface area (Å²) in [6.45, 7) is 0. The molecule has 0 spiro atoms. The number of anilines is 2. The van der Waals surface area contributed by atoms with Crippen molar-refractivity contribution in [1.82, 2.24) is 4.98 Å². The van der Waals surface area contributed by atoms with E-state index >= 15 is 0 Å². The molecule has 0 radical (unpaired) electrons. The molecule has 0 saturated carbocycles. The van der Waals surface area contributed by atoms with Gasteiger partial charge in [0, 0.05) is 6.20 Å². The Bertz CT molecular complexity index is 1030. The molecule has 2 N–H and O–H groups in total. The van der Waals surface area contributed by atoms with Crippen molar-refractivity contribution in [1.29, 1.82) is 0 Å². The molecule has 0 bridgehead atoms. The van der Waals surface area contributed by atoms with E-state index < -0.39 is 17.6 Å². The van der Waals surface area contributed by atoms with Gasteiger partial charge in [0.05, 0.1) is 28.9 Å². The molecular weight excluding hydrogens is 385 g/mol. The van der Waals surface area contributed by atoms with Crippen molar-refractivity contribution in [3.8, 4) is 5.75 Å². The van der Waals surface area contributed by atoms with Gasteiger partial charge in [-0.15, -0.1) is 0 Å². The SMILES string of the molecule is COc1cccc(C(=O)Nc2ccccc2C(=O)Nc2ccc(Cl)cn2)c1F. The van der Waals surface area contributed by atoms with Crippen LogP contribution in [0.1, 0.15) is 20.7 Å². The van der Waals surface area contributed by atoms with Gasteiger partial charge in [-0.05, 0) is 36.4 Å². The molecule has 0 aliphatic heterocycles. The van der Waals surface area contributed by atoms with Crippen molar-refractivity contribution < 1.29 is 18.7 Å². The Labute approximate surface area is 165 Å². The van der Waals surface area contributed by atoms with E-state index in [1.54, 1.807) is 30.3 Å². The fraction of sp³-hybridized carbons (Fsp3) is 0.0500. The number of hydrogen-bond donors (Lipinski definition) is 2. The number of carbonyl (C=O) groups excluding carboxylic acids is 2. The van der Waals surface area contributed by atoms with E-state index in [0.29, 0.717) is 10.8 Å². The molecule has 142 valence electrons. The lowest BCUT2D eigenvalue weighted by atomic mass is 10.1. The van der Waals surface area contributed by atoms with Crippen LogP contribution >= 0.6 is 11.6 Å². The summed E-state index contributed by atoms with van der Waals surface area (Å²) in [6.07, 6.45) is 1.40. The quantitative estimate of drug-likeness (QED) is 0.667. The van der Waals surface area contributed by atoms with E-state index in [4.69, 9.17) is 16.3 Å². The van der Waals surface area contributed by atoms with Crippen LogP contribution in [0.2, 0.25) is 5.02 Å². The maximum absolute atomic E-state index is 14.3. The number of nitrogens with zero attached hydrogens (tertiary/aromatic N) is 1. The summed E-state index contributed by atoms with van der Waals surface area (Å²) in [5, 5.41) is 5.61. The molecule has 0 atom stereocenters. The number of pyridine rings is 1. The van der Waals surface area contributed by atoms with Crippen molar-refractivity contribution in [2.75, 3.05) is 17.7 Å². The van der Waals surface area contributed by atoms with Gasteiger partial charge < -0.3 is 15.4 Å². The molecular formula is C20H15ClFN3O3. The van der Waals surface area contributed by atoms with Gasteiger partial charge >= 0.3 is 0 Å². The maximum atomic E-state index is 14.3. The summed E-state index contributed by atoms with van der Waals surface area (Å²) in [5.74, 6) is -1.73. The molecule has 2 amide bonds. The molecule has 0 fully saturated rings. The average molecular weight is 400 g/mol. The second-order valence-corrected chi connectivity index (χ2v) is 6.07. The van der Waals surface area contributed by atoms with Crippen molar-refractivity contribution in [2.45, 2.75) is 0 Å². The number of carbonyl (C=O) groups is 2. The summed E-state index contributed by atoms with van der Waals surface area (Å²) >= 11 is 5.78. The summed E-state index contributed by atoms with van der Waals surface area (Å²) in [6, 6.07) is 13.7. The Morgan fingerprint density at radius 3 is 2.39 bits per heavy atom. The van der Waals surface area contributed by atoms with E-state index in [1.165, 1.54) is 37.6 Å². The summed E-state index contributed by atoms with van der Waals surface area (Å²) in [5.41, 5.74) is 0.214. The molecule has 3 rings (SSSR count). The second-order valence-electron chi connectivity index (χ2n) is 5.64. The zero-order chi connectivity index (χ0) is 20.1. The first-order valence-corrected chi connectivity index (χ1v) is 8.53. The van der Waals surface area contributed by atoms with Crippen LogP contribution < -0.4 is 15.4 Å². The highest BCUT2D eigenvalue weighted by Gasteiger charge is 2.18. The Balaban J connectivity index is 1.83. The third-order valence-electron chi connectivity index (χ3n) is 3.82. The molecule has 6 nitrogen and oxygen atoms in total. The van der Waals surface area contributed by atoms with Gasteiger partial charge in [0.15, 0.2) is 11.6 Å². The number of ether oxygens (including phenoxy) is 1. The predicted octanol–water partition coefficient (Wildman–Crippen LogP) is 4.39. The zero-order valence-electron chi connectivity index (χ0n) is 14.7. The van der Waals surface area contributed by atoms with E-state index in [-0.39, 0.29) is 22.6 Å². The zero-order valence-corrected chi connectivity index (χ0v) is 15.5. The van der Waals surface area contributed by atoms with Gasteiger partial charge in [0.1, 0.15) is 5.82 Å². The van der Waals surface area contributed by atoms with Crippen LogP contribution in [0.25, 0.3) is 0 Å². The van der Waals surface area contributed by atoms with E-state index in [9.17, 15) is 14.0 Å². The minimum Gasteiger partial charge on any atom is -0.494 e. The minimum absolute atomic E-state index is 0.0486. The monoisotopic (exact) mass is 399 g/mol. The van der Waals surface area contributed by atoms with Crippen LogP contribution in [0.5, 0.6) is 5.75 Å². The molecule has 28 heavy (non-hydrogen) atoms. The first-order valence-electron chi connectivity index (χ1n) is 8.15. The number of benzene rings is 2. The van der Waals surface area contributed by atoms with Gasteiger partial charge in [-0.25, -0.2) is 9.37 Å². The largest absolute Gasteiger partial charge is 0.494 e. The first-order chi connectivity index (χ1) is 13.5. The lowest BCUT2D eigenvalue weighted by Crippen LogP contribution is -2.19. The highest BCUT2D eigenvalue weighted by molar-refractivity contribution is 6.30. The smallest absolute Gasteiger partial charge is 0.258 e. The van der Waals surface area contributed by atoms with Gasteiger partial charge in [0.25, 0.3) is 11.8 Å². The highest BCUT2D eigenvalue weighted by Crippen LogP contribution is 2.23. The molecule has 2 aromatic carbocycles. The lowest BCUT2D eigenvalue weighted by molar-refractivity contribution is 0.102. The summed E-state index contributed by atoms with van der Waals surface area (Å²) in [4.78, 5) is 29.1. The highest BCUT2D eigenvalue weighted by atomic mass is 35.5. The molecule has 0 unspecified atom stereocenters. The van der Waals surface area contributed by atoms with Crippen LogP contribution in [0.3, 0.4) is 0 Å². The topological polar surface area (TPSA) is 80.3 Å². The molecule has 0 saturated heterocycles. The number of para-hydroxylation sites is 1. The van der Waals surface area contributed by atoms with Crippen LogP contribution in [0.4, 0.5) is 15.9 Å². The average Bonchev–Trinajstić information content (AvgIpc) is 2.70. The molecule has 0 aliphatic carbocycles. The van der Waals surface area contributed by atoms with Gasteiger partial charge in [-0.3, -0.25) is 9.59 Å². The van der Waals surface area contributed by atoms with Crippen LogP contribution in [-0.4, -0.2) is 23.9 Å². The van der Waals surface area contributed by atoms with E-state index in [0.717, 1.165) is 0 Å². The van der Waals surface area contributed by atoms with Crippen LogP contribution in [-0.2, 0) is 0 Å². The third-order valence-corrected chi connectivity index (χ3v) is 4.04. The van der Waals surface area contributed by atoms with Gasteiger partial charge in [-0.2, -0.15) is 0 Å². The van der Waals surface area contributed by atoms with Gasteiger partial charge in [-0.1, -0.05) is 29.8 Å². The first kappa shape index (κ1) is 19.3. The van der Waals surface area contributed by atoms with Crippen molar-refractivity contribution in [3.05, 3.63) is 82.8 Å². The van der Waals surface area contributed by atoms with Crippen LogP contribution in [0.15, 0.2) is 60.8 Å². The Kier molecular flexibility index (Phi) is 5.86. The van der Waals surface area contributed by atoms with Crippen LogP contribution in [0, 0.1) is 5.82 Å². The molecule has 8 heteroatoms. The Hall–Kier alpha value is -3.45. The maximum Gasteiger partial charge on any atom is 0.258 e. The number of rotatable bonds is 5. The fourth-order valence-electron chi connectivity index (χ4n) is 2.46. The fourth-order valence-corrected chi connectivity index (χ4v) is 2.57. The Morgan fingerprint density at radius 1 is 0.964 bits per heavy atom. The number of methoxy groups -OCH3 is 1. The second kappa shape index (κ2) is 8.49. The summed E-state index contributed by atoms with van der Waals surface area (Å²) in [7, 11) is 1.31. The van der Waals surface area contributed by atoms with Crippen molar-refractivity contribution in [2.24, 2.45) is 0 Å². The predicted molar refractivity (Wildman–Crippen MR) is 105 cm³/mol. The molecule has 1 heterocycles. The number of halogens is 2. The number of aromatic nitrogens is 1. The Morgan fingerprint density at radius 2 is 1.68 bits per heavy atom. The standard InChI is InChI=1S/C20H15ClFN3O3/c1-28-16-8-4-6-14(18(16)22)20(27)24-15-7-3-2-5-13(15)19(26)25-17-10-9-12(21)11-23-17/h2-11H,1H3,(H,24,27)(H,23,25,26). The summed E-state index contributed by atoms with van der Waals surface area (Å²) < 4.78 is 19.2. The minimum atomic E-state index is -0.783. The van der Waals surface area contributed by atoms with E-state index in [2.05, 4.69) is 15.6 Å². The molecule has 0 aliphatic rings.